The molecule has 0 heterocycles. The van der Waals surface area contributed by atoms with Crippen LogP contribution in [0, 0.1) is 0 Å². The van der Waals surface area contributed by atoms with E-state index < -0.39 is 0 Å². The summed E-state index contributed by atoms with van der Waals surface area (Å²) in [4.78, 5) is 22.6. The second-order valence-electron chi connectivity index (χ2n) is 4.84. The standard InChI is InChI=1S/C14H16ClNO3/c1-8(17)16-11-3-2-9-5-12(14(19)7-15)13(18)6-10(9)4-11/h5-6,11,18H,2-4,7H2,1H3,(H,16,17). The van der Waals surface area contributed by atoms with E-state index in [2.05, 4.69) is 5.32 Å². The summed E-state index contributed by atoms with van der Waals surface area (Å²) in [6, 6.07) is 3.43. The molecule has 0 saturated heterocycles. The average molecular weight is 282 g/mol. The molecule has 0 aromatic heterocycles. The maximum absolute atomic E-state index is 11.6. The number of halogens is 1. The number of phenolic OH excluding ortho intramolecular Hbond substituents is 1. The predicted octanol–water partition coefficient (Wildman–Crippen LogP) is 1.81. The van der Waals surface area contributed by atoms with Gasteiger partial charge in [-0.25, -0.2) is 0 Å². The van der Waals surface area contributed by atoms with E-state index in [9.17, 15) is 14.7 Å². The van der Waals surface area contributed by atoms with Gasteiger partial charge < -0.3 is 10.4 Å². The zero-order valence-electron chi connectivity index (χ0n) is 10.7. The van der Waals surface area contributed by atoms with Crippen LogP contribution in [0.3, 0.4) is 0 Å². The zero-order chi connectivity index (χ0) is 14.0. The molecular formula is C14H16ClNO3. The molecule has 0 fully saturated rings. The Morgan fingerprint density at radius 2 is 2.16 bits per heavy atom. The van der Waals surface area contributed by atoms with Crippen LogP contribution < -0.4 is 5.32 Å². The van der Waals surface area contributed by atoms with Crippen molar-refractivity contribution >= 4 is 23.3 Å². The first kappa shape index (κ1) is 13.9. The fraction of sp³-hybridized carbons (Fsp3) is 0.429. The highest BCUT2D eigenvalue weighted by Gasteiger charge is 2.22. The Kier molecular flexibility index (Phi) is 4.10. The number of carbonyl (C=O) groups is 2. The van der Waals surface area contributed by atoms with Gasteiger partial charge in [-0.05, 0) is 42.5 Å². The highest BCUT2D eigenvalue weighted by atomic mass is 35.5. The predicted molar refractivity (Wildman–Crippen MR) is 72.8 cm³/mol. The Balaban J connectivity index is 2.25. The molecular weight excluding hydrogens is 266 g/mol. The minimum Gasteiger partial charge on any atom is -0.507 e. The fourth-order valence-corrected chi connectivity index (χ4v) is 2.65. The molecule has 0 saturated carbocycles. The van der Waals surface area contributed by atoms with Gasteiger partial charge >= 0.3 is 0 Å². The van der Waals surface area contributed by atoms with Crippen molar-refractivity contribution in [2.75, 3.05) is 5.88 Å². The Morgan fingerprint density at radius 1 is 1.42 bits per heavy atom. The maximum Gasteiger partial charge on any atom is 0.217 e. The van der Waals surface area contributed by atoms with Crippen molar-refractivity contribution in [3.63, 3.8) is 0 Å². The van der Waals surface area contributed by atoms with Crippen molar-refractivity contribution in [3.8, 4) is 5.75 Å². The third-order valence-electron chi connectivity index (χ3n) is 3.38. The first-order valence-electron chi connectivity index (χ1n) is 6.22. The smallest absolute Gasteiger partial charge is 0.217 e. The SMILES string of the molecule is CC(=O)NC1CCc2cc(C(=O)CCl)c(O)cc2C1. The van der Waals surface area contributed by atoms with Crippen molar-refractivity contribution < 1.29 is 14.7 Å². The number of phenols is 1. The first-order chi connectivity index (χ1) is 9.01. The number of alkyl halides is 1. The van der Waals surface area contributed by atoms with Gasteiger partial charge in [0.1, 0.15) is 5.75 Å². The number of hydrogen-bond acceptors (Lipinski definition) is 3. The molecule has 102 valence electrons. The molecule has 1 unspecified atom stereocenters. The number of hydrogen-bond donors (Lipinski definition) is 2. The molecule has 2 rings (SSSR count). The van der Waals surface area contributed by atoms with E-state index >= 15 is 0 Å². The summed E-state index contributed by atoms with van der Waals surface area (Å²) < 4.78 is 0. The number of ketones is 1. The van der Waals surface area contributed by atoms with Crippen molar-refractivity contribution in [2.24, 2.45) is 0 Å². The fourth-order valence-electron chi connectivity index (χ4n) is 2.50. The van der Waals surface area contributed by atoms with Crippen LogP contribution in [0.4, 0.5) is 0 Å². The van der Waals surface area contributed by atoms with Crippen LogP contribution in [0.2, 0.25) is 0 Å². The van der Waals surface area contributed by atoms with Gasteiger partial charge in [0.05, 0.1) is 11.4 Å². The third kappa shape index (κ3) is 3.07. The Bertz CT molecular complexity index is 528. The molecule has 19 heavy (non-hydrogen) atoms. The van der Waals surface area contributed by atoms with Crippen molar-refractivity contribution in [3.05, 3.63) is 28.8 Å². The molecule has 1 aliphatic carbocycles. The van der Waals surface area contributed by atoms with Crippen molar-refractivity contribution in [1.82, 2.24) is 5.32 Å². The van der Waals surface area contributed by atoms with Gasteiger partial charge in [0, 0.05) is 13.0 Å². The van der Waals surface area contributed by atoms with E-state index in [1.165, 1.54) is 6.92 Å². The number of rotatable bonds is 3. The summed E-state index contributed by atoms with van der Waals surface area (Å²) in [5.74, 6) is -0.494. The highest BCUT2D eigenvalue weighted by Crippen LogP contribution is 2.29. The minimum absolute atomic E-state index is 0.0344. The quantitative estimate of drug-likeness (QED) is 0.656. The normalized spacial score (nSPS) is 17.7. The van der Waals surface area contributed by atoms with Gasteiger partial charge in [-0.15, -0.1) is 11.6 Å². The number of carbonyl (C=O) groups excluding carboxylic acids is 2. The van der Waals surface area contributed by atoms with Crippen LogP contribution >= 0.6 is 11.6 Å². The summed E-state index contributed by atoms with van der Waals surface area (Å²) in [6.07, 6.45) is 2.30. The number of amides is 1. The molecule has 1 aromatic rings. The lowest BCUT2D eigenvalue weighted by atomic mass is 9.86. The van der Waals surface area contributed by atoms with E-state index in [4.69, 9.17) is 11.6 Å². The second-order valence-corrected chi connectivity index (χ2v) is 5.10. The summed E-state index contributed by atoms with van der Waals surface area (Å²) in [6.45, 7) is 1.50. The highest BCUT2D eigenvalue weighted by molar-refractivity contribution is 6.30. The van der Waals surface area contributed by atoms with Gasteiger partial charge in [-0.2, -0.15) is 0 Å². The molecule has 0 aliphatic heterocycles. The Morgan fingerprint density at radius 3 is 2.79 bits per heavy atom. The lowest BCUT2D eigenvalue weighted by Gasteiger charge is -2.25. The number of Topliss-reactive ketones (excluding diaryl/α,β-unsaturated/α-hetero) is 1. The number of nitrogens with one attached hydrogen (secondary N) is 1. The van der Waals surface area contributed by atoms with Crippen LogP contribution in [-0.4, -0.2) is 28.7 Å². The van der Waals surface area contributed by atoms with Crippen LogP contribution in [0.15, 0.2) is 12.1 Å². The van der Waals surface area contributed by atoms with E-state index in [0.29, 0.717) is 6.42 Å². The topological polar surface area (TPSA) is 66.4 Å². The number of aryl methyl sites for hydroxylation is 1. The third-order valence-corrected chi connectivity index (χ3v) is 3.62. The van der Waals surface area contributed by atoms with Crippen molar-refractivity contribution in [1.29, 1.82) is 0 Å². The number of benzene rings is 1. The average Bonchev–Trinajstić information content (AvgIpc) is 2.36. The van der Waals surface area contributed by atoms with Crippen LogP contribution in [0.1, 0.15) is 34.8 Å². The van der Waals surface area contributed by atoms with Gasteiger partial charge in [-0.1, -0.05) is 0 Å². The number of aromatic hydroxyl groups is 1. The van der Waals surface area contributed by atoms with Crippen molar-refractivity contribution in [2.45, 2.75) is 32.2 Å². The number of fused-ring (bicyclic) bond motifs is 1. The summed E-state index contributed by atoms with van der Waals surface area (Å²) in [7, 11) is 0. The van der Waals surface area contributed by atoms with Gasteiger partial charge in [0.15, 0.2) is 5.78 Å². The van der Waals surface area contributed by atoms with E-state index in [-0.39, 0.29) is 34.9 Å². The maximum atomic E-state index is 11.6. The molecule has 2 N–H and O–H groups in total. The minimum atomic E-state index is -0.272. The Labute approximate surface area is 116 Å². The molecule has 1 amide bonds. The second kappa shape index (κ2) is 5.61. The van der Waals surface area contributed by atoms with E-state index in [0.717, 1.165) is 24.0 Å². The first-order valence-corrected chi connectivity index (χ1v) is 6.75. The lowest BCUT2D eigenvalue weighted by molar-refractivity contribution is -0.119. The molecule has 4 nitrogen and oxygen atoms in total. The molecule has 0 spiro atoms. The summed E-state index contributed by atoms with van der Waals surface area (Å²) in [5.41, 5.74) is 2.31. The largest absolute Gasteiger partial charge is 0.507 e. The molecule has 1 aliphatic rings. The van der Waals surface area contributed by atoms with E-state index in [1.54, 1.807) is 12.1 Å². The van der Waals surface area contributed by atoms with Gasteiger partial charge in [0.25, 0.3) is 0 Å². The van der Waals surface area contributed by atoms with Gasteiger partial charge in [-0.3, -0.25) is 9.59 Å². The van der Waals surface area contributed by atoms with E-state index in [1.807, 2.05) is 0 Å². The Hall–Kier alpha value is -1.55. The molecule has 5 heteroatoms. The summed E-state index contributed by atoms with van der Waals surface area (Å²) >= 11 is 5.51. The molecule has 0 radical (unpaired) electrons. The lowest BCUT2D eigenvalue weighted by Crippen LogP contribution is -2.37. The van der Waals surface area contributed by atoms with Crippen LogP contribution in [0.5, 0.6) is 5.75 Å². The van der Waals surface area contributed by atoms with Crippen LogP contribution in [0.25, 0.3) is 0 Å². The molecule has 1 aromatic carbocycles. The van der Waals surface area contributed by atoms with Gasteiger partial charge in [0.2, 0.25) is 5.91 Å². The molecule has 0 bridgehead atoms. The zero-order valence-corrected chi connectivity index (χ0v) is 11.5. The summed E-state index contributed by atoms with van der Waals surface area (Å²) in [5, 5.41) is 12.8. The molecule has 1 atom stereocenters. The monoisotopic (exact) mass is 281 g/mol. The van der Waals surface area contributed by atoms with Crippen LogP contribution in [-0.2, 0) is 17.6 Å².